The summed E-state index contributed by atoms with van der Waals surface area (Å²) in [5, 5.41) is 22.6. The molecule has 3 aromatic heterocycles. The highest BCUT2D eigenvalue weighted by atomic mass is 32.2. The van der Waals surface area contributed by atoms with Gasteiger partial charge in [0.05, 0.1) is 17.7 Å². The van der Waals surface area contributed by atoms with Crippen LogP contribution in [0.3, 0.4) is 0 Å². The maximum absolute atomic E-state index is 13.2. The lowest BCUT2D eigenvalue weighted by molar-refractivity contribution is -0.138. The van der Waals surface area contributed by atoms with Crippen molar-refractivity contribution in [2.75, 3.05) is 6.61 Å². The molecule has 3 rings (SSSR count). The molecule has 3 aromatic rings. The first-order valence-corrected chi connectivity index (χ1v) is 10.8. The molecule has 0 unspecified atom stereocenters. The number of aromatic nitrogens is 2. The third-order valence-electron chi connectivity index (χ3n) is 3.72. The third kappa shape index (κ3) is 6.71. The smallest absolute Gasteiger partial charge is 0.417 e. The Morgan fingerprint density at radius 2 is 1.84 bits per heavy atom. The second-order valence-corrected chi connectivity index (χ2v) is 7.66. The summed E-state index contributed by atoms with van der Waals surface area (Å²) < 4.78 is 44.8. The van der Waals surface area contributed by atoms with Crippen molar-refractivity contribution in [2.24, 2.45) is 0 Å². The van der Waals surface area contributed by atoms with Gasteiger partial charge >= 0.3 is 6.18 Å². The number of thiophene rings is 1. The fourth-order valence-electron chi connectivity index (χ4n) is 2.42. The number of hydrogen-bond acceptors (Lipinski definition) is 7. The van der Waals surface area contributed by atoms with Crippen molar-refractivity contribution in [1.29, 1.82) is 10.5 Å². The van der Waals surface area contributed by atoms with Crippen LogP contribution in [0.2, 0.25) is 0 Å². The highest BCUT2D eigenvalue weighted by Gasteiger charge is 2.35. The van der Waals surface area contributed by atoms with E-state index in [9.17, 15) is 23.7 Å². The molecule has 0 amide bonds. The van der Waals surface area contributed by atoms with Crippen molar-refractivity contribution < 1.29 is 17.9 Å². The van der Waals surface area contributed by atoms with Crippen molar-refractivity contribution in [3.8, 4) is 18.0 Å². The number of hydrogen-bond donors (Lipinski definition) is 0. The predicted octanol–water partition coefficient (Wildman–Crippen LogP) is 5.99. The number of thioether (sulfide) groups is 1. The van der Waals surface area contributed by atoms with Crippen LogP contribution in [-0.4, -0.2) is 16.6 Å². The topological polar surface area (TPSA) is 82.6 Å². The highest BCUT2D eigenvalue weighted by molar-refractivity contribution is 7.98. The van der Waals surface area contributed by atoms with Crippen LogP contribution in [0.4, 0.5) is 13.2 Å². The molecule has 0 aliphatic heterocycles. The van der Waals surface area contributed by atoms with Crippen LogP contribution in [0.25, 0.3) is 0 Å². The molecule has 0 atom stereocenters. The maximum atomic E-state index is 13.2. The Morgan fingerprint density at radius 1 is 1.16 bits per heavy atom. The molecule has 0 saturated carbocycles. The summed E-state index contributed by atoms with van der Waals surface area (Å²) in [4.78, 5) is 8.04. The molecule has 0 saturated heterocycles. The molecule has 0 fully saturated rings. The molecule has 31 heavy (non-hydrogen) atoms. The zero-order valence-electron chi connectivity index (χ0n) is 16.6. The van der Waals surface area contributed by atoms with Gasteiger partial charge in [0, 0.05) is 17.6 Å². The van der Waals surface area contributed by atoms with Crippen LogP contribution in [0, 0.1) is 29.6 Å². The first kappa shape index (κ1) is 24.2. The van der Waals surface area contributed by atoms with Crippen molar-refractivity contribution in [1.82, 2.24) is 9.97 Å². The van der Waals surface area contributed by atoms with Crippen LogP contribution in [0.15, 0.2) is 46.2 Å². The van der Waals surface area contributed by atoms with Crippen molar-refractivity contribution >= 4 is 23.1 Å². The SMILES string of the molecule is CCOc1nccc(CSc2nc(C)cc(C(F)(F)F)c2C#N)c1C#N.c1ccsc1. The van der Waals surface area contributed by atoms with E-state index in [4.69, 9.17) is 4.74 Å². The van der Waals surface area contributed by atoms with E-state index in [1.54, 1.807) is 30.4 Å². The van der Waals surface area contributed by atoms with Gasteiger partial charge in [-0.2, -0.15) is 35.0 Å². The number of nitrogens with zero attached hydrogens (tertiary/aromatic N) is 4. The highest BCUT2D eigenvalue weighted by Crippen LogP contribution is 2.37. The fourth-order valence-corrected chi connectivity index (χ4v) is 3.91. The quantitative estimate of drug-likeness (QED) is 0.434. The van der Waals surface area contributed by atoms with Gasteiger partial charge in [-0.15, -0.1) is 11.8 Å². The second-order valence-electron chi connectivity index (χ2n) is 5.88. The molecule has 3 heterocycles. The molecule has 0 bridgehead atoms. The standard InChI is InChI=1S/C17H13F3N4OS.C4H4S/c1-3-25-15-12(7-21)11(4-5-23-15)9-26-16-13(8-22)14(17(18,19)20)6-10(2)24-16;1-2-4-5-3-1/h4-6H,3,9H2,1-2H3;1-4H. The molecule has 0 radical (unpaired) electrons. The Kier molecular flexibility index (Phi) is 8.86. The summed E-state index contributed by atoms with van der Waals surface area (Å²) in [6.07, 6.45) is -3.19. The minimum atomic E-state index is -4.65. The van der Waals surface area contributed by atoms with E-state index in [1.807, 2.05) is 29.0 Å². The van der Waals surface area contributed by atoms with Crippen LogP contribution in [0.5, 0.6) is 5.88 Å². The molecular weight excluding hydrogens is 445 g/mol. The molecular formula is C21H17F3N4OS2. The summed E-state index contributed by atoms with van der Waals surface area (Å²) in [6, 6.07) is 10.1. The average molecular weight is 463 g/mol. The Balaban J connectivity index is 0.000000597. The molecule has 10 heteroatoms. The van der Waals surface area contributed by atoms with Crippen LogP contribution in [0.1, 0.15) is 34.9 Å². The molecule has 0 spiro atoms. The number of ether oxygens (including phenoxy) is 1. The minimum absolute atomic E-state index is 0.0292. The van der Waals surface area contributed by atoms with E-state index in [-0.39, 0.29) is 27.9 Å². The molecule has 0 aliphatic carbocycles. The zero-order valence-corrected chi connectivity index (χ0v) is 18.2. The minimum Gasteiger partial charge on any atom is -0.477 e. The summed E-state index contributed by atoms with van der Waals surface area (Å²) in [6.45, 7) is 3.50. The Labute approximate surface area is 186 Å². The van der Waals surface area contributed by atoms with Crippen LogP contribution in [-0.2, 0) is 11.9 Å². The number of halogens is 3. The summed E-state index contributed by atoms with van der Waals surface area (Å²) in [7, 11) is 0. The molecule has 0 N–H and O–H groups in total. The van der Waals surface area contributed by atoms with Crippen molar-refractivity contribution in [2.45, 2.75) is 30.8 Å². The van der Waals surface area contributed by atoms with Gasteiger partial charge in [-0.1, -0.05) is 12.1 Å². The van der Waals surface area contributed by atoms with E-state index < -0.39 is 17.3 Å². The van der Waals surface area contributed by atoms with Crippen LogP contribution >= 0.6 is 23.1 Å². The van der Waals surface area contributed by atoms with Crippen molar-refractivity contribution in [3.63, 3.8) is 0 Å². The van der Waals surface area contributed by atoms with E-state index in [2.05, 4.69) is 9.97 Å². The van der Waals surface area contributed by atoms with E-state index in [0.717, 1.165) is 17.8 Å². The molecule has 0 aliphatic rings. The van der Waals surface area contributed by atoms with E-state index >= 15 is 0 Å². The Morgan fingerprint density at radius 3 is 2.35 bits per heavy atom. The summed E-state index contributed by atoms with van der Waals surface area (Å²) >= 11 is 2.67. The first-order chi connectivity index (χ1) is 14.8. The van der Waals surface area contributed by atoms with Gasteiger partial charge < -0.3 is 4.74 Å². The number of pyridine rings is 2. The molecule has 0 aromatic carbocycles. The van der Waals surface area contributed by atoms with Gasteiger partial charge in [0.1, 0.15) is 22.7 Å². The average Bonchev–Trinajstić information content (AvgIpc) is 3.31. The lowest BCUT2D eigenvalue weighted by Gasteiger charge is -2.13. The summed E-state index contributed by atoms with van der Waals surface area (Å²) in [5.74, 6) is 0.315. The summed E-state index contributed by atoms with van der Waals surface area (Å²) in [5.41, 5.74) is -0.629. The van der Waals surface area contributed by atoms with Gasteiger partial charge in [-0.05, 0) is 42.3 Å². The van der Waals surface area contributed by atoms with Gasteiger partial charge in [0.15, 0.2) is 0 Å². The van der Waals surface area contributed by atoms with Crippen LogP contribution < -0.4 is 4.74 Å². The maximum Gasteiger partial charge on any atom is 0.417 e. The van der Waals surface area contributed by atoms with E-state index in [1.165, 1.54) is 13.1 Å². The lowest BCUT2D eigenvalue weighted by atomic mass is 10.1. The number of alkyl halides is 3. The first-order valence-electron chi connectivity index (χ1n) is 8.91. The zero-order chi connectivity index (χ0) is 22.9. The number of aryl methyl sites for hydroxylation is 1. The Bertz CT molecular complexity index is 1070. The molecule has 5 nitrogen and oxygen atoms in total. The third-order valence-corrected chi connectivity index (χ3v) is 5.37. The second kappa shape index (κ2) is 11.3. The van der Waals surface area contributed by atoms with Gasteiger partial charge in [0.2, 0.25) is 5.88 Å². The van der Waals surface area contributed by atoms with Gasteiger partial charge in [-0.25, -0.2) is 9.97 Å². The number of nitriles is 2. The monoisotopic (exact) mass is 462 g/mol. The number of rotatable bonds is 5. The Hall–Kier alpha value is -3.08. The molecule has 160 valence electrons. The normalized spacial score (nSPS) is 10.4. The predicted molar refractivity (Wildman–Crippen MR) is 113 cm³/mol. The largest absolute Gasteiger partial charge is 0.477 e. The van der Waals surface area contributed by atoms with Crippen molar-refractivity contribution in [3.05, 3.63) is 69.2 Å². The van der Waals surface area contributed by atoms with E-state index in [0.29, 0.717) is 12.2 Å². The van der Waals surface area contributed by atoms with Gasteiger partial charge in [0.25, 0.3) is 0 Å². The lowest BCUT2D eigenvalue weighted by Crippen LogP contribution is -2.10. The van der Waals surface area contributed by atoms with Gasteiger partial charge in [-0.3, -0.25) is 0 Å². The fraction of sp³-hybridized carbons (Fsp3) is 0.238.